The molecule has 5 rings (SSSR count). The van der Waals surface area contributed by atoms with Gasteiger partial charge in [-0.15, -0.1) is 11.3 Å². The highest BCUT2D eigenvalue weighted by molar-refractivity contribution is 7.94. The number of rotatable bonds is 3. The number of anilines is 1. The Morgan fingerprint density at radius 2 is 1.83 bits per heavy atom. The number of furan rings is 1. The van der Waals surface area contributed by atoms with E-state index in [4.69, 9.17) is 4.42 Å². The van der Waals surface area contributed by atoms with Crippen molar-refractivity contribution in [3.05, 3.63) is 59.2 Å². The van der Waals surface area contributed by atoms with Gasteiger partial charge in [-0.25, -0.2) is 8.42 Å². The number of sulfonamides is 1. The Labute approximate surface area is 181 Å². The van der Waals surface area contributed by atoms with E-state index in [0.717, 1.165) is 46.8 Å². The largest absolute Gasteiger partial charge is 0.460 e. The second-order valence-electron chi connectivity index (χ2n) is 9.19. The van der Waals surface area contributed by atoms with Crippen LogP contribution in [0.3, 0.4) is 0 Å². The van der Waals surface area contributed by atoms with E-state index in [0.29, 0.717) is 15.8 Å². The highest BCUT2D eigenvalue weighted by Gasteiger charge is 2.32. The molecule has 0 aliphatic heterocycles. The highest BCUT2D eigenvalue weighted by atomic mass is 32.2. The van der Waals surface area contributed by atoms with E-state index in [1.54, 1.807) is 17.5 Å². The molecule has 4 nitrogen and oxygen atoms in total. The van der Waals surface area contributed by atoms with Crippen molar-refractivity contribution in [2.75, 3.05) is 4.72 Å². The topological polar surface area (TPSA) is 59.3 Å². The quantitative estimate of drug-likeness (QED) is 0.391. The molecule has 1 aliphatic rings. The van der Waals surface area contributed by atoms with Crippen molar-refractivity contribution < 1.29 is 12.8 Å². The second-order valence-corrected chi connectivity index (χ2v) is 12.1. The van der Waals surface area contributed by atoms with Crippen LogP contribution < -0.4 is 4.72 Å². The van der Waals surface area contributed by atoms with Gasteiger partial charge in [0, 0.05) is 28.1 Å². The zero-order chi connectivity index (χ0) is 21.1. The maximum Gasteiger partial charge on any atom is 0.271 e. The van der Waals surface area contributed by atoms with Crippen LogP contribution in [0.1, 0.15) is 38.5 Å². The lowest BCUT2D eigenvalue weighted by Crippen LogP contribution is -2.26. The summed E-state index contributed by atoms with van der Waals surface area (Å²) >= 11 is 1.22. The summed E-state index contributed by atoms with van der Waals surface area (Å²) in [5, 5.41) is 4.60. The molecule has 156 valence electrons. The van der Waals surface area contributed by atoms with Crippen LogP contribution >= 0.6 is 11.3 Å². The molecule has 0 unspecified atom stereocenters. The lowest BCUT2D eigenvalue weighted by Gasteiger charge is -2.33. The normalized spacial score (nSPS) is 17.4. The third kappa shape index (κ3) is 3.22. The van der Waals surface area contributed by atoms with E-state index in [2.05, 4.69) is 25.5 Å². The fraction of sp³-hybridized carbons (Fsp3) is 0.333. The maximum atomic E-state index is 12.9. The number of hydrogen-bond donors (Lipinski definition) is 1. The summed E-state index contributed by atoms with van der Waals surface area (Å²) in [6, 6.07) is 13.2. The van der Waals surface area contributed by atoms with Crippen LogP contribution in [-0.2, 0) is 22.9 Å². The molecule has 2 heterocycles. The summed E-state index contributed by atoms with van der Waals surface area (Å²) < 4.78 is 35.4. The Morgan fingerprint density at radius 3 is 2.53 bits per heavy atom. The molecule has 30 heavy (non-hydrogen) atoms. The molecule has 2 aromatic heterocycles. The fourth-order valence-corrected chi connectivity index (χ4v) is 6.60. The van der Waals surface area contributed by atoms with Gasteiger partial charge in [0.25, 0.3) is 10.0 Å². The van der Waals surface area contributed by atoms with Crippen molar-refractivity contribution in [1.29, 1.82) is 0 Å². The first kappa shape index (κ1) is 19.6. The summed E-state index contributed by atoms with van der Waals surface area (Å²) in [7, 11) is -3.63. The molecular weight excluding hydrogens is 414 g/mol. The summed E-state index contributed by atoms with van der Waals surface area (Å²) in [4.78, 5) is 0. The molecule has 0 fully saturated rings. The molecule has 1 aliphatic carbocycles. The molecule has 6 heteroatoms. The molecule has 0 saturated carbocycles. The van der Waals surface area contributed by atoms with Gasteiger partial charge in [0.15, 0.2) is 0 Å². The van der Waals surface area contributed by atoms with Crippen LogP contribution in [0.4, 0.5) is 5.69 Å². The zero-order valence-corrected chi connectivity index (χ0v) is 19.0. The third-order valence-electron chi connectivity index (χ3n) is 6.28. The molecule has 1 N–H and O–H groups in total. The van der Waals surface area contributed by atoms with E-state index in [-0.39, 0.29) is 5.41 Å². The number of nitrogens with one attached hydrogen (secondary N) is 1. The molecule has 4 aromatic rings. The van der Waals surface area contributed by atoms with E-state index in [1.165, 1.54) is 16.9 Å². The van der Waals surface area contributed by atoms with Crippen LogP contribution in [0, 0.1) is 11.3 Å². The van der Waals surface area contributed by atoms with Crippen LogP contribution in [0.2, 0.25) is 0 Å². The van der Waals surface area contributed by atoms with E-state index in [9.17, 15) is 8.42 Å². The summed E-state index contributed by atoms with van der Waals surface area (Å²) in [6.07, 6.45) is 3.00. The number of thiophene rings is 1. The zero-order valence-electron chi connectivity index (χ0n) is 17.4. The highest BCUT2D eigenvalue weighted by Crippen LogP contribution is 2.44. The van der Waals surface area contributed by atoms with Crippen molar-refractivity contribution in [3.8, 4) is 0 Å². The maximum absolute atomic E-state index is 12.9. The van der Waals surface area contributed by atoms with Crippen molar-refractivity contribution in [3.63, 3.8) is 0 Å². The predicted molar refractivity (Wildman–Crippen MR) is 124 cm³/mol. The number of fused-ring (bicyclic) bond motifs is 5. The van der Waals surface area contributed by atoms with Crippen LogP contribution in [0.15, 0.2) is 56.5 Å². The fourth-order valence-electron chi connectivity index (χ4n) is 4.53. The van der Waals surface area contributed by atoms with Gasteiger partial charge in [-0.1, -0.05) is 51.1 Å². The van der Waals surface area contributed by atoms with Gasteiger partial charge < -0.3 is 4.42 Å². The average Bonchev–Trinajstić information content (AvgIpc) is 3.35. The van der Waals surface area contributed by atoms with Gasteiger partial charge in [-0.2, -0.15) is 0 Å². The molecule has 0 radical (unpaired) electrons. The average molecular weight is 440 g/mol. The number of benzene rings is 2. The van der Waals surface area contributed by atoms with E-state index >= 15 is 0 Å². The van der Waals surface area contributed by atoms with Gasteiger partial charge in [0.05, 0.1) is 5.69 Å². The van der Waals surface area contributed by atoms with Crippen LogP contribution in [-0.4, -0.2) is 8.42 Å². The van der Waals surface area contributed by atoms with Gasteiger partial charge in [-0.05, 0) is 41.7 Å². The van der Waals surface area contributed by atoms with Crippen molar-refractivity contribution in [2.24, 2.45) is 11.3 Å². The first-order valence-electron chi connectivity index (χ1n) is 10.3. The number of hydrogen-bond acceptors (Lipinski definition) is 4. The van der Waals surface area contributed by atoms with Crippen molar-refractivity contribution in [1.82, 2.24) is 0 Å². The minimum absolute atomic E-state index is 0.224. The Hall–Kier alpha value is -2.31. The molecule has 2 aromatic carbocycles. The summed E-state index contributed by atoms with van der Waals surface area (Å²) in [6.45, 7) is 6.88. The minimum atomic E-state index is -3.63. The van der Waals surface area contributed by atoms with Crippen molar-refractivity contribution in [2.45, 2.75) is 44.2 Å². The smallest absolute Gasteiger partial charge is 0.271 e. The van der Waals surface area contributed by atoms with Gasteiger partial charge >= 0.3 is 0 Å². The predicted octanol–water partition coefficient (Wildman–Crippen LogP) is 6.60. The molecular formula is C24H25NO3S2. The van der Waals surface area contributed by atoms with Crippen LogP contribution in [0.25, 0.3) is 21.7 Å². The first-order chi connectivity index (χ1) is 14.2. The second kappa shape index (κ2) is 6.86. The molecule has 0 saturated heterocycles. The standard InChI is InChI=1S/C24H25NO3S2/c1-24(2,3)15-10-11-21-18(13-15)19-14-20(25-30(26,27)22-9-6-12-29-22)16-7-4-5-8-17(16)23(19)28-21/h4-9,12,14-15,25H,10-11,13H2,1-3H3/t15-/m0/s1. The minimum Gasteiger partial charge on any atom is -0.460 e. The van der Waals surface area contributed by atoms with Gasteiger partial charge in [0.2, 0.25) is 0 Å². The Bertz CT molecular complexity index is 1340. The monoisotopic (exact) mass is 439 g/mol. The number of aryl methyl sites for hydroxylation is 1. The molecule has 1 atom stereocenters. The lowest BCUT2D eigenvalue weighted by atomic mass is 9.71. The van der Waals surface area contributed by atoms with E-state index < -0.39 is 10.0 Å². The van der Waals surface area contributed by atoms with Crippen molar-refractivity contribution >= 4 is 48.8 Å². The Morgan fingerprint density at radius 1 is 1.07 bits per heavy atom. The molecule has 0 spiro atoms. The first-order valence-corrected chi connectivity index (χ1v) is 12.6. The van der Waals surface area contributed by atoms with Gasteiger partial charge in [-0.3, -0.25) is 4.72 Å². The molecule has 0 amide bonds. The van der Waals surface area contributed by atoms with E-state index in [1.807, 2.05) is 30.3 Å². The van der Waals surface area contributed by atoms with Gasteiger partial charge in [0.1, 0.15) is 15.6 Å². The summed E-state index contributed by atoms with van der Waals surface area (Å²) in [5.41, 5.74) is 2.93. The molecule has 0 bridgehead atoms. The lowest BCUT2D eigenvalue weighted by molar-refractivity contribution is 0.210. The van der Waals surface area contributed by atoms with Crippen LogP contribution in [0.5, 0.6) is 0 Å². The Kier molecular flexibility index (Phi) is 4.49. The SMILES string of the molecule is CC(C)(C)[C@H]1CCc2oc3c(cc(NS(=O)(=O)c4cccs4)c4ccccc43)c2C1. The third-order valence-corrected chi connectivity index (χ3v) is 9.04. The summed E-state index contributed by atoms with van der Waals surface area (Å²) in [5.74, 6) is 1.62. The Balaban J connectivity index is 1.70.